The van der Waals surface area contributed by atoms with E-state index in [1.807, 2.05) is 16.0 Å². The minimum atomic E-state index is 0. The van der Waals surface area contributed by atoms with Gasteiger partial charge in [0.25, 0.3) is 0 Å². The van der Waals surface area contributed by atoms with Crippen molar-refractivity contribution in [3.63, 3.8) is 0 Å². The SMILES string of the molecule is CCc1ccc(CNC(=NC)NCc2cccc(Cn3cncn3)c2)s1.I. The third-order valence-electron chi connectivity index (χ3n) is 3.98. The summed E-state index contributed by atoms with van der Waals surface area (Å²) in [7, 11) is 1.79. The molecule has 0 aliphatic rings. The van der Waals surface area contributed by atoms with Gasteiger partial charge >= 0.3 is 0 Å². The van der Waals surface area contributed by atoms with Crippen LogP contribution < -0.4 is 10.6 Å². The Bertz CT molecular complexity index is 844. The molecule has 0 aliphatic heterocycles. The fourth-order valence-electron chi connectivity index (χ4n) is 2.62. The fraction of sp³-hybridized carbons (Fsp3) is 0.316. The molecule has 0 unspecified atom stereocenters. The smallest absolute Gasteiger partial charge is 0.191 e. The first-order chi connectivity index (χ1) is 12.8. The molecule has 0 radical (unpaired) electrons. The summed E-state index contributed by atoms with van der Waals surface area (Å²) in [6.07, 6.45) is 4.37. The maximum atomic E-state index is 4.31. The summed E-state index contributed by atoms with van der Waals surface area (Å²) in [5, 5.41) is 10.9. The first kappa shape index (κ1) is 21.4. The zero-order chi connectivity index (χ0) is 18.2. The Labute approximate surface area is 181 Å². The van der Waals surface area contributed by atoms with E-state index in [4.69, 9.17) is 0 Å². The van der Waals surface area contributed by atoms with E-state index in [0.29, 0.717) is 0 Å². The summed E-state index contributed by atoms with van der Waals surface area (Å²) >= 11 is 1.84. The number of nitrogens with zero attached hydrogens (tertiary/aromatic N) is 4. The van der Waals surface area contributed by atoms with Gasteiger partial charge in [-0.15, -0.1) is 35.3 Å². The van der Waals surface area contributed by atoms with Crippen LogP contribution >= 0.6 is 35.3 Å². The van der Waals surface area contributed by atoms with Crippen molar-refractivity contribution in [2.75, 3.05) is 7.05 Å². The van der Waals surface area contributed by atoms with Gasteiger partial charge in [0.1, 0.15) is 12.7 Å². The lowest BCUT2D eigenvalue weighted by Crippen LogP contribution is -2.36. The zero-order valence-electron chi connectivity index (χ0n) is 15.6. The first-order valence-corrected chi connectivity index (χ1v) is 9.51. The van der Waals surface area contributed by atoms with Crippen molar-refractivity contribution in [3.05, 3.63) is 69.9 Å². The van der Waals surface area contributed by atoms with Crippen molar-refractivity contribution in [2.24, 2.45) is 4.99 Å². The summed E-state index contributed by atoms with van der Waals surface area (Å²) in [6.45, 7) is 4.41. The topological polar surface area (TPSA) is 67.1 Å². The highest BCUT2D eigenvalue weighted by Crippen LogP contribution is 2.16. The minimum absolute atomic E-state index is 0. The van der Waals surface area contributed by atoms with Crippen molar-refractivity contribution in [2.45, 2.75) is 33.0 Å². The number of hydrogen-bond acceptors (Lipinski definition) is 4. The highest BCUT2D eigenvalue weighted by atomic mass is 127. The molecule has 3 rings (SSSR count). The Morgan fingerprint density at radius 3 is 2.59 bits per heavy atom. The van der Waals surface area contributed by atoms with Crippen LogP contribution in [0.3, 0.4) is 0 Å². The third kappa shape index (κ3) is 6.62. The molecule has 6 nitrogen and oxygen atoms in total. The number of hydrogen-bond donors (Lipinski definition) is 2. The molecule has 144 valence electrons. The van der Waals surface area contributed by atoms with E-state index in [1.54, 1.807) is 19.7 Å². The summed E-state index contributed by atoms with van der Waals surface area (Å²) in [4.78, 5) is 11.0. The molecule has 3 aromatic rings. The summed E-state index contributed by atoms with van der Waals surface area (Å²) in [6, 6.07) is 12.8. The van der Waals surface area contributed by atoms with Gasteiger partial charge < -0.3 is 10.6 Å². The van der Waals surface area contributed by atoms with Crippen LogP contribution in [0.15, 0.2) is 54.0 Å². The number of halogens is 1. The first-order valence-electron chi connectivity index (χ1n) is 8.69. The summed E-state index contributed by atoms with van der Waals surface area (Å²) in [5.41, 5.74) is 2.40. The van der Waals surface area contributed by atoms with Crippen molar-refractivity contribution in [1.29, 1.82) is 0 Å². The van der Waals surface area contributed by atoms with Crippen LogP contribution in [0.25, 0.3) is 0 Å². The van der Waals surface area contributed by atoms with E-state index >= 15 is 0 Å². The molecule has 2 aromatic heterocycles. The summed E-state index contributed by atoms with van der Waals surface area (Å²) < 4.78 is 1.82. The minimum Gasteiger partial charge on any atom is -0.352 e. The second-order valence-corrected chi connectivity index (χ2v) is 7.17. The monoisotopic (exact) mass is 496 g/mol. The Morgan fingerprint density at radius 1 is 1.11 bits per heavy atom. The summed E-state index contributed by atoms with van der Waals surface area (Å²) in [5.74, 6) is 0.804. The second kappa shape index (κ2) is 11.0. The number of aryl methyl sites for hydroxylation is 1. The molecule has 0 fully saturated rings. The van der Waals surface area contributed by atoms with Gasteiger partial charge in [0.2, 0.25) is 0 Å². The van der Waals surface area contributed by atoms with E-state index in [1.165, 1.54) is 20.9 Å². The highest BCUT2D eigenvalue weighted by Gasteiger charge is 2.03. The Kier molecular flexibility index (Phi) is 8.73. The molecule has 0 amide bonds. The predicted octanol–water partition coefficient (Wildman–Crippen LogP) is 3.43. The van der Waals surface area contributed by atoms with Gasteiger partial charge in [-0.2, -0.15) is 5.10 Å². The second-order valence-electron chi connectivity index (χ2n) is 5.91. The Hall–Kier alpha value is -1.94. The van der Waals surface area contributed by atoms with Gasteiger partial charge in [-0.3, -0.25) is 4.99 Å². The Balaban J connectivity index is 0.00000261. The van der Waals surface area contributed by atoms with E-state index in [2.05, 4.69) is 69.0 Å². The maximum absolute atomic E-state index is 4.31. The van der Waals surface area contributed by atoms with E-state index in [-0.39, 0.29) is 24.0 Å². The molecule has 0 saturated heterocycles. The molecule has 0 atom stereocenters. The van der Waals surface area contributed by atoms with Crippen molar-refractivity contribution in [3.8, 4) is 0 Å². The number of rotatable bonds is 7. The molecule has 2 heterocycles. The van der Waals surface area contributed by atoms with Crippen LogP contribution in [0.5, 0.6) is 0 Å². The number of aliphatic imine (C=N–C) groups is 1. The van der Waals surface area contributed by atoms with Gasteiger partial charge in [-0.05, 0) is 29.7 Å². The van der Waals surface area contributed by atoms with Crippen LogP contribution in [-0.4, -0.2) is 27.8 Å². The van der Waals surface area contributed by atoms with Crippen LogP contribution in [-0.2, 0) is 26.1 Å². The van der Waals surface area contributed by atoms with Gasteiger partial charge in [0.05, 0.1) is 13.1 Å². The number of thiophene rings is 1. The van der Waals surface area contributed by atoms with E-state index < -0.39 is 0 Å². The standard InChI is InChI=1S/C19H24N6S.HI/c1-3-17-7-8-18(26-17)11-23-19(20-2)22-10-15-5-4-6-16(9-15)12-25-14-21-13-24-25;/h4-9,13-14H,3,10-12H2,1-2H3,(H2,20,22,23);1H. The predicted molar refractivity (Wildman–Crippen MR) is 122 cm³/mol. The van der Waals surface area contributed by atoms with Gasteiger partial charge in [-0.1, -0.05) is 31.2 Å². The number of nitrogens with one attached hydrogen (secondary N) is 2. The Morgan fingerprint density at radius 2 is 1.89 bits per heavy atom. The van der Waals surface area contributed by atoms with Gasteiger partial charge in [-0.25, -0.2) is 9.67 Å². The van der Waals surface area contributed by atoms with Crippen molar-refractivity contribution >= 4 is 41.3 Å². The average molecular weight is 496 g/mol. The zero-order valence-corrected chi connectivity index (χ0v) is 18.7. The molecule has 2 N–H and O–H groups in total. The molecule has 0 spiro atoms. The van der Waals surface area contributed by atoms with Crippen molar-refractivity contribution in [1.82, 2.24) is 25.4 Å². The van der Waals surface area contributed by atoms with Crippen LogP contribution in [0.1, 0.15) is 27.8 Å². The molecule has 0 saturated carbocycles. The van der Waals surface area contributed by atoms with Crippen LogP contribution in [0.2, 0.25) is 0 Å². The molecular weight excluding hydrogens is 471 g/mol. The van der Waals surface area contributed by atoms with Crippen LogP contribution in [0, 0.1) is 0 Å². The van der Waals surface area contributed by atoms with Crippen LogP contribution in [0.4, 0.5) is 0 Å². The third-order valence-corrected chi connectivity index (χ3v) is 5.21. The fourth-order valence-corrected chi connectivity index (χ4v) is 3.52. The lowest BCUT2D eigenvalue weighted by atomic mass is 10.1. The maximum Gasteiger partial charge on any atom is 0.191 e. The molecular formula is C19H25IN6S. The largest absolute Gasteiger partial charge is 0.352 e. The lowest BCUT2D eigenvalue weighted by Gasteiger charge is -2.12. The molecule has 1 aromatic carbocycles. The lowest BCUT2D eigenvalue weighted by molar-refractivity contribution is 0.683. The molecule has 0 aliphatic carbocycles. The van der Waals surface area contributed by atoms with E-state index in [0.717, 1.165) is 32.0 Å². The van der Waals surface area contributed by atoms with Gasteiger partial charge in [0.15, 0.2) is 5.96 Å². The normalized spacial score (nSPS) is 11.1. The number of aromatic nitrogens is 3. The molecule has 27 heavy (non-hydrogen) atoms. The van der Waals surface area contributed by atoms with E-state index in [9.17, 15) is 0 Å². The van der Waals surface area contributed by atoms with Crippen molar-refractivity contribution < 1.29 is 0 Å². The van der Waals surface area contributed by atoms with Gasteiger partial charge in [0, 0.05) is 23.3 Å². The number of guanidine groups is 1. The molecule has 0 bridgehead atoms. The molecule has 8 heteroatoms. The average Bonchev–Trinajstić information content (AvgIpc) is 3.34. The highest BCUT2D eigenvalue weighted by molar-refractivity contribution is 14.0. The quantitative estimate of drug-likeness (QED) is 0.299. The number of benzene rings is 1.